The molecule has 0 spiro atoms. The van der Waals surface area contributed by atoms with Crippen molar-refractivity contribution >= 4 is 56.9 Å². The molecule has 32 valence electrons. The maximum absolute atomic E-state index is 8.58. The quantitative estimate of drug-likeness (QED) is 0.314. The summed E-state index contributed by atoms with van der Waals surface area (Å²) in [6, 6.07) is 0. The molecule has 0 heterocycles. The Balaban J connectivity index is -0.0000000800. The maximum atomic E-state index is 8.58. The number of rotatable bonds is 0. The molecule has 0 atom stereocenters. The van der Waals surface area contributed by atoms with E-state index in [2.05, 4.69) is 0 Å². The third-order valence-electron chi connectivity index (χ3n) is 0. The Hall–Kier alpha value is 1.49. The van der Waals surface area contributed by atoms with Crippen molar-refractivity contribution in [2.24, 2.45) is 0 Å². The summed E-state index contributed by atoms with van der Waals surface area (Å²) in [7, 11) is -5.61. The van der Waals surface area contributed by atoms with Crippen molar-refractivity contribution in [3.05, 3.63) is 0 Å². The van der Waals surface area contributed by atoms with Crippen LogP contribution in [0.25, 0.3) is 0 Å². The van der Waals surface area contributed by atoms with E-state index < -0.39 is 9.05 Å². The summed E-state index contributed by atoms with van der Waals surface area (Å²) in [6.45, 7) is 0. The molecule has 0 fully saturated rings. The van der Waals surface area contributed by atoms with Gasteiger partial charge in [0, 0.05) is 0 Å². The van der Waals surface area contributed by atoms with Gasteiger partial charge in [-0.25, -0.2) is 0 Å². The summed E-state index contributed by atoms with van der Waals surface area (Å²) in [6.07, 6.45) is 0. The van der Waals surface area contributed by atoms with Gasteiger partial charge in [0.05, 0.1) is 0 Å². The minimum absolute atomic E-state index is 0. The minimum Gasteiger partial charge on any atom is -0.894 e. The zero-order valence-corrected chi connectivity index (χ0v) is 6.76. The predicted octanol–water partition coefficient (Wildman–Crippen LogP) is -5.90. The van der Waals surface area contributed by atoms with Crippen LogP contribution >= 0.6 is 0 Å². The Morgan fingerprint density at radius 3 is 0.857 bits per heavy atom. The van der Waals surface area contributed by atoms with Crippen LogP contribution in [0, 0.1) is 0 Å². The van der Waals surface area contributed by atoms with Crippen molar-refractivity contribution < 1.29 is 19.2 Å². The average molecular weight is 141 g/mol. The number of hydrogen-bond donors (Lipinski definition) is 0. The molecule has 0 radical (unpaired) electrons. The van der Waals surface area contributed by atoms with Gasteiger partial charge in [0.1, 0.15) is 0 Å². The third kappa shape index (κ3) is 102. The van der Waals surface area contributed by atoms with Gasteiger partial charge in [0.25, 0.3) is 0 Å². The Morgan fingerprint density at radius 2 is 0.857 bits per heavy atom. The van der Waals surface area contributed by atoms with E-state index in [1.165, 1.54) is 0 Å². The zero-order chi connectivity index (χ0) is 4.50. The van der Waals surface area contributed by atoms with E-state index in [-0.39, 0.29) is 47.9 Å². The molecule has 0 bridgehead atoms. The van der Waals surface area contributed by atoms with Crippen molar-refractivity contribution in [1.29, 1.82) is 0 Å². The summed E-state index contributed by atoms with van der Waals surface area (Å²) >= 11 is 0. The molecule has 0 rings (SSSR count). The van der Waals surface area contributed by atoms with Gasteiger partial charge < -0.3 is 28.2 Å². The van der Waals surface area contributed by atoms with Crippen molar-refractivity contribution in [2.45, 2.75) is 0 Å². The van der Waals surface area contributed by atoms with Crippen LogP contribution in [-0.2, 0) is 0 Å². The van der Waals surface area contributed by atoms with E-state index in [0.29, 0.717) is 0 Å². The molecule has 0 saturated heterocycles. The average Bonchev–Trinajstić information content (AvgIpc) is 0.722. The van der Waals surface area contributed by atoms with Crippen LogP contribution in [0.15, 0.2) is 0 Å². The van der Waals surface area contributed by atoms with E-state index in [1.54, 1.807) is 0 Å². The van der Waals surface area contributed by atoms with Crippen molar-refractivity contribution in [2.75, 3.05) is 0 Å². The van der Waals surface area contributed by atoms with E-state index >= 15 is 0 Å². The first-order chi connectivity index (χ1) is 2.00. The van der Waals surface area contributed by atoms with Gasteiger partial charge in [0.15, 0.2) is 0 Å². The van der Waals surface area contributed by atoms with Crippen molar-refractivity contribution in [3.8, 4) is 0 Å². The van der Waals surface area contributed by atoms with Gasteiger partial charge >= 0.3 is 47.9 Å². The Labute approximate surface area is 75.5 Å². The van der Waals surface area contributed by atoms with Crippen molar-refractivity contribution in [1.82, 2.24) is 0 Å². The Morgan fingerprint density at radius 1 is 0.857 bits per heavy atom. The zero-order valence-electron chi connectivity index (χ0n) is 3.55. The van der Waals surface area contributed by atoms with Gasteiger partial charge in [0.2, 0.25) is 0 Å². The van der Waals surface area contributed by atoms with Crippen LogP contribution in [0.1, 0.15) is 0 Å². The van der Waals surface area contributed by atoms with Crippen LogP contribution in [0.2, 0.25) is 0 Å². The topological polar surface area (TPSA) is 92.2 Å². The van der Waals surface area contributed by atoms with Gasteiger partial charge in [-0.15, -0.1) is 0 Å². The summed E-state index contributed by atoms with van der Waals surface area (Å²) in [5.41, 5.74) is 0. The van der Waals surface area contributed by atoms with Gasteiger partial charge in [-0.2, -0.15) is 0 Å². The molecule has 0 aliphatic rings. The molecule has 0 aliphatic heterocycles. The molecular formula is BeCaO4Si. The summed E-state index contributed by atoms with van der Waals surface area (Å²) in [4.78, 5) is 34.3. The normalized spacial score (nSPS) is 8.57. The summed E-state index contributed by atoms with van der Waals surface area (Å²) < 4.78 is 0. The summed E-state index contributed by atoms with van der Waals surface area (Å²) in [5, 5.41) is 0. The van der Waals surface area contributed by atoms with Gasteiger partial charge in [-0.05, 0) is 0 Å². The first-order valence-electron chi connectivity index (χ1n) is 0.816. The van der Waals surface area contributed by atoms with Crippen LogP contribution in [0.5, 0.6) is 0 Å². The molecule has 7 heteroatoms. The van der Waals surface area contributed by atoms with E-state index in [0.717, 1.165) is 0 Å². The molecule has 0 unspecified atom stereocenters. The molecule has 4 nitrogen and oxygen atoms in total. The Kier molecular flexibility index (Phi) is 12.7. The first kappa shape index (κ1) is 15.8. The molecule has 0 amide bonds. The van der Waals surface area contributed by atoms with Gasteiger partial charge in [-0.1, -0.05) is 0 Å². The van der Waals surface area contributed by atoms with Crippen LogP contribution in [-0.4, -0.2) is 56.9 Å². The Bertz CT molecular complexity index is 27.2. The largest absolute Gasteiger partial charge is 2.00 e. The van der Waals surface area contributed by atoms with E-state index in [4.69, 9.17) is 19.2 Å². The fourth-order valence-corrected chi connectivity index (χ4v) is 0. The standard InChI is InChI=1S/Be.Ca.O4Si/c;;1-5(2,3)4/q2*+2;-4. The molecule has 0 aromatic heterocycles. The van der Waals surface area contributed by atoms with E-state index in [9.17, 15) is 0 Å². The first-order valence-corrected chi connectivity index (χ1v) is 2.45. The number of hydrogen-bond acceptors (Lipinski definition) is 4. The molecule has 0 aromatic carbocycles. The SMILES string of the molecule is [Be+2].[Ca+2].[O-][Si]([O-])([O-])[O-]. The predicted molar refractivity (Wildman–Crippen MR) is 17.3 cm³/mol. The maximum Gasteiger partial charge on any atom is 2.00 e. The monoisotopic (exact) mass is 141 g/mol. The molecule has 0 aliphatic carbocycles. The summed E-state index contributed by atoms with van der Waals surface area (Å²) in [5.74, 6) is 0. The molecule has 0 aromatic rings. The fraction of sp³-hybridized carbons (Fsp3) is 0. The van der Waals surface area contributed by atoms with Crippen LogP contribution < -0.4 is 19.2 Å². The molecule has 0 N–H and O–H groups in total. The molecule has 0 saturated carbocycles. The second-order valence-corrected chi connectivity index (χ2v) is 1.50. The second kappa shape index (κ2) is 5.62. The van der Waals surface area contributed by atoms with E-state index in [1.807, 2.05) is 0 Å². The van der Waals surface area contributed by atoms with Gasteiger partial charge in [-0.3, -0.25) is 0 Å². The third-order valence-corrected chi connectivity index (χ3v) is 0. The molecule has 7 heavy (non-hydrogen) atoms. The fourth-order valence-electron chi connectivity index (χ4n) is 0. The van der Waals surface area contributed by atoms with Crippen LogP contribution in [0.3, 0.4) is 0 Å². The van der Waals surface area contributed by atoms with Crippen LogP contribution in [0.4, 0.5) is 0 Å². The minimum atomic E-state index is -5.61. The van der Waals surface area contributed by atoms with Crippen molar-refractivity contribution in [3.63, 3.8) is 0 Å². The second-order valence-electron chi connectivity index (χ2n) is 0.500. The smallest absolute Gasteiger partial charge is 0.894 e. The molecular weight excluding hydrogens is 141 g/mol.